The van der Waals surface area contributed by atoms with Crippen molar-refractivity contribution in [1.82, 2.24) is 0 Å². The summed E-state index contributed by atoms with van der Waals surface area (Å²) in [6.45, 7) is 5.48. The number of amides is 1. The predicted octanol–water partition coefficient (Wildman–Crippen LogP) is 2.89. The van der Waals surface area contributed by atoms with E-state index in [9.17, 15) is 9.59 Å². The van der Waals surface area contributed by atoms with Crippen LogP contribution in [0, 0.1) is 0 Å². The van der Waals surface area contributed by atoms with E-state index in [1.165, 1.54) is 0 Å². The fourth-order valence-electron chi connectivity index (χ4n) is 1.64. The number of unbranched alkanes of at least 4 members (excludes halogenated alkanes) is 2. The van der Waals surface area contributed by atoms with Crippen LogP contribution in [-0.4, -0.2) is 18.5 Å². The minimum absolute atomic E-state index is 0.0290. The molecule has 0 saturated heterocycles. The predicted molar refractivity (Wildman–Crippen MR) is 83.7 cm³/mol. The summed E-state index contributed by atoms with van der Waals surface area (Å²) in [7, 11) is 0. The molecule has 1 aromatic carbocycles. The number of hydrogen-bond donors (Lipinski definition) is 2. The molecule has 0 saturated carbocycles. The van der Waals surface area contributed by atoms with Crippen molar-refractivity contribution in [3.8, 4) is 0 Å². The Morgan fingerprint density at radius 3 is 2.48 bits per heavy atom. The molecule has 114 valence electrons. The van der Waals surface area contributed by atoms with Crippen LogP contribution in [0.4, 0.5) is 11.4 Å². The third kappa shape index (κ3) is 7.15. The molecule has 1 amide bonds. The third-order valence-corrected chi connectivity index (χ3v) is 2.82. The van der Waals surface area contributed by atoms with Crippen molar-refractivity contribution >= 4 is 23.3 Å². The van der Waals surface area contributed by atoms with E-state index >= 15 is 0 Å². The van der Waals surface area contributed by atoms with Crippen LogP contribution in [-0.2, 0) is 14.3 Å². The maximum absolute atomic E-state index is 11.7. The zero-order valence-corrected chi connectivity index (χ0v) is 12.4. The van der Waals surface area contributed by atoms with Crippen LogP contribution >= 0.6 is 0 Å². The van der Waals surface area contributed by atoms with E-state index in [1.54, 1.807) is 31.2 Å². The summed E-state index contributed by atoms with van der Waals surface area (Å²) in [6.07, 6.45) is 2.77. The molecule has 0 aromatic heterocycles. The van der Waals surface area contributed by atoms with Crippen LogP contribution in [0.2, 0.25) is 0 Å². The van der Waals surface area contributed by atoms with E-state index in [2.05, 4.69) is 11.9 Å². The molecule has 0 heterocycles. The normalized spacial score (nSPS) is 9.95. The molecule has 0 bridgehead atoms. The van der Waals surface area contributed by atoms with Crippen LogP contribution in [0.5, 0.6) is 0 Å². The lowest BCUT2D eigenvalue weighted by Crippen LogP contribution is -2.11. The average molecular weight is 290 g/mol. The minimum Gasteiger partial charge on any atom is -0.462 e. The number of ether oxygens (including phenoxy) is 1. The summed E-state index contributed by atoms with van der Waals surface area (Å²) in [6, 6.07) is 7.02. The van der Waals surface area contributed by atoms with Gasteiger partial charge in [0, 0.05) is 23.4 Å². The second-order valence-corrected chi connectivity index (χ2v) is 4.90. The number of rotatable bonds is 8. The molecule has 0 radical (unpaired) electrons. The molecular formula is C16H22N2O3. The summed E-state index contributed by atoms with van der Waals surface area (Å²) in [5, 5.41) is 2.80. The lowest BCUT2D eigenvalue weighted by molar-refractivity contribution is -0.139. The van der Waals surface area contributed by atoms with Crippen molar-refractivity contribution in [2.45, 2.75) is 32.6 Å². The van der Waals surface area contributed by atoms with Crippen LogP contribution in [0.25, 0.3) is 0 Å². The highest BCUT2D eigenvalue weighted by atomic mass is 16.5. The number of esters is 1. The van der Waals surface area contributed by atoms with Crippen LogP contribution in [0.15, 0.2) is 36.4 Å². The largest absolute Gasteiger partial charge is 0.462 e. The smallest absolute Gasteiger partial charge is 0.333 e. The van der Waals surface area contributed by atoms with Crippen LogP contribution < -0.4 is 11.1 Å². The zero-order chi connectivity index (χ0) is 15.7. The molecule has 0 fully saturated rings. The number of hydrogen-bond acceptors (Lipinski definition) is 4. The number of carbonyl (C=O) groups excluding carboxylic acids is 2. The van der Waals surface area contributed by atoms with Gasteiger partial charge in [0.2, 0.25) is 5.91 Å². The molecule has 1 aromatic rings. The number of nitrogen functional groups attached to an aromatic ring is 1. The molecule has 5 heteroatoms. The number of benzene rings is 1. The van der Waals surface area contributed by atoms with Crippen molar-refractivity contribution in [1.29, 1.82) is 0 Å². The first-order valence-corrected chi connectivity index (χ1v) is 6.97. The third-order valence-electron chi connectivity index (χ3n) is 2.82. The Morgan fingerprint density at radius 1 is 1.19 bits per heavy atom. The van der Waals surface area contributed by atoms with Crippen LogP contribution in [0.3, 0.4) is 0 Å². The number of nitrogens with one attached hydrogen (secondary N) is 1. The lowest BCUT2D eigenvalue weighted by atomic mass is 10.2. The van der Waals surface area contributed by atoms with Gasteiger partial charge in [-0.25, -0.2) is 4.79 Å². The molecule has 0 atom stereocenters. The van der Waals surface area contributed by atoms with Crippen LogP contribution in [0.1, 0.15) is 32.6 Å². The molecule has 5 nitrogen and oxygen atoms in total. The van der Waals surface area contributed by atoms with Gasteiger partial charge in [0.15, 0.2) is 0 Å². The standard InChI is InChI=1S/C16H22N2O3/c1-12(2)16(20)21-11-5-3-4-6-15(19)18-14-9-7-13(17)8-10-14/h7-10H,1,3-6,11,17H2,2H3,(H,18,19). The van der Waals surface area contributed by atoms with Crippen molar-refractivity contribution < 1.29 is 14.3 Å². The summed E-state index contributed by atoms with van der Waals surface area (Å²) in [5.74, 6) is -0.394. The second kappa shape index (κ2) is 8.79. The first-order valence-electron chi connectivity index (χ1n) is 6.97. The molecule has 0 aliphatic heterocycles. The van der Waals surface area contributed by atoms with E-state index in [0.29, 0.717) is 24.3 Å². The molecule has 1 rings (SSSR count). The van der Waals surface area contributed by atoms with Gasteiger partial charge in [0.25, 0.3) is 0 Å². The van der Waals surface area contributed by atoms with Crippen molar-refractivity contribution in [3.63, 3.8) is 0 Å². The number of carbonyl (C=O) groups is 2. The van der Waals surface area contributed by atoms with Gasteiger partial charge in [-0.15, -0.1) is 0 Å². The lowest BCUT2D eigenvalue weighted by Gasteiger charge is -2.06. The van der Waals surface area contributed by atoms with Crippen molar-refractivity contribution in [2.75, 3.05) is 17.7 Å². The monoisotopic (exact) mass is 290 g/mol. The van der Waals surface area contributed by atoms with Crippen molar-refractivity contribution in [3.05, 3.63) is 36.4 Å². The summed E-state index contributed by atoms with van der Waals surface area (Å²) >= 11 is 0. The molecule has 21 heavy (non-hydrogen) atoms. The van der Waals surface area contributed by atoms with Gasteiger partial charge in [-0.05, 0) is 50.5 Å². The summed E-state index contributed by atoms with van der Waals surface area (Å²) in [5.41, 5.74) is 7.38. The maximum atomic E-state index is 11.7. The highest BCUT2D eigenvalue weighted by molar-refractivity contribution is 5.90. The quantitative estimate of drug-likeness (QED) is 0.334. The SMILES string of the molecule is C=C(C)C(=O)OCCCCCC(=O)Nc1ccc(N)cc1. The van der Waals surface area contributed by atoms with Gasteiger partial charge in [0.05, 0.1) is 6.61 Å². The van der Waals surface area contributed by atoms with Gasteiger partial charge in [-0.1, -0.05) is 6.58 Å². The Hall–Kier alpha value is -2.30. The van der Waals surface area contributed by atoms with Gasteiger partial charge >= 0.3 is 5.97 Å². The summed E-state index contributed by atoms with van der Waals surface area (Å²) < 4.78 is 4.97. The zero-order valence-electron chi connectivity index (χ0n) is 12.4. The fourth-order valence-corrected chi connectivity index (χ4v) is 1.64. The van der Waals surface area contributed by atoms with Gasteiger partial charge in [0.1, 0.15) is 0 Å². The average Bonchev–Trinajstić information content (AvgIpc) is 2.44. The molecule has 0 aliphatic carbocycles. The molecule has 0 aliphatic rings. The molecule has 0 spiro atoms. The summed E-state index contributed by atoms with van der Waals surface area (Å²) in [4.78, 5) is 22.8. The Morgan fingerprint density at radius 2 is 1.86 bits per heavy atom. The highest BCUT2D eigenvalue weighted by Crippen LogP contribution is 2.11. The molecule has 3 N–H and O–H groups in total. The molecule has 0 unspecified atom stereocenters. The van der Waals surface area contributed by atoms with E-state index in [0.717, 1.165) is 24.9 Å². The first kappa shape index (κ1) is 16.8. The highest BCUT2D eigenvalue weighted by Gasteiger charge is 2.04. The first-order chi connectivity index (χ1) is 9.99. The topological polar surface area (TPSA) is 81.4 Å². The Balaban J connectivity index is 2.10. The minimum atomic E-state index is -0.365. The van der Waals surface area contributed by atoms with E-state index in [4.69, 9.17) is 10.5 Å². The number of anilines is 2. The fraction of sp³-hybridized carbons (Fsp3) is 0.375. The maximum Gasteiger partial charge on any atom is 0.333 e. The van der Waals surface area contributed by atoms with E-state index in [1.807, 2.05) is 0 Å². The van der Waals surface area contributed by atoms with E-state index < -0.39 is 0 Å². The van der Waals surface area contributed by atoms with Gasteiger partial charge in [-0.3, -0.25) is 4.79 Å². The molecular weight excluding hydrogens is 268 g/mol. The van der Waals surface area contributed by atoms with Crippen molar-refractivity contribution in [2.24, 2.45) is 0 Å². The van der Waals surface area contributed by atoms with Gasteiger partial charge in [-0.2, -0.15) is 0 Å². The number of nitrogens with two attached hydrogens (primary N) is 1. The Kier molecular flexibility index (Phi) is 7.01. The van der Waals surface area contributed by atoms with Gasteiger partial charge < -0.3 is 15.8 Å². The van der Waals surface area contributed by atoms with E-state index in [-0.39, 0.29) is 11.9 Å². The second-order valence-electron chi connectivity index (χ2n) is 4.90. The Labute approximate surface area is 125 Å². The Bertz CT molecular complexity index is 495.